The maximum Gasteiger partial charge on any atom is 0.255 e. The number of nitrogen functional groups attached to an aromatic ring is 1. The first-order valence-corrected chi connectivity index (χ1v) is 9.51. The van der Waals surface area contributed by atoms with Crippen molar-refractivity contribution in [1.82, 2.24) is 4.90 Å². The third-order valence-electron chi connectivity index (χ3n) is 4.86. The predicted octanol–water partition coefficient (Wildman–Crippen LogP) is 3.06. The van der Waals surface area contributed by atoms with E-state index in [1.54, 1.807) is 12.1 Å². The lowest BCUT2D eigenvalue weighted by Crippen LogP contribution is -2.46. The third-order valence-corrected chi connectivity index (χ3v) is 4.86. The van der Waals surface area contributed by atoms with Crippen molar-refractivity contribution >= 4 is 23.0 Å². The number of nitrogens with zero attached hydrogens (tertiary/aromatic N) is 2. The highest BCUT2D eigenvalue weighted by Crippen LogP contribution is 2.29. The lowest BCUT2D eigenvalue weighted by Gasteiger charge is -2.36. The number of benzene rings is 2. The van der Waals surface area contributed by atoms with Crippen LogP contribution in [0.2, 0.25) is 0 Å². The molecule has 1 fully saturated rings. The van der Waals surface area contributed by atoms with E-state index in [1.165, 1.54) is 0 Å². The molecule has 1 amide bonds. The van der Waals surface area contributed by atoms with Crippen LogP contribution in [0.5, 0.6) is 5.75 Å². The molecule has 1 heterocycles. The van der Waals surface area contributed by atoms with E-state index in [0.29, 0.717) is 17.9 Å². The number of carbonyl (C=O) groups excluding carboxylic acids is 1. The summed E-state index contributed by atoms with van der Waals surface area (Å²) in [7, 11) is 0. The monoisotopic (exact) mass is 368 g/mol. The molecule has 0 atom stereocenters. The van der Waals surface area contributed by atoms with Crippen molar-refractivity contribution < 1.29 is 9.53 Å². The lowest BCUT2D eigenvalue weighted by atomic mass is 10.1. The van der Waals surface area contributed by atoms with E-state index >= 15 is 0 Å². The fourth-order valence-corrected chi connectivity index (χ4v) is 3.30. The number of hydrogen-bond acceptors (Lipinski definition) is 5. The van der Waals surface area contributed by atoms with Crippen molar-refractivity contribution in [3.63, 3.8) is 0 Å². The highest BCUT2D eigenvalue weighted by atomic mass is 16.5. The molecule has 3 N–H and O–H groups in total. The normalized spacial score (nSPS) is 14.8. The summed E-state index contributed by atoms with van der Waals surface area (Å²) >= 11 is 0. The minimum Gasteiger partial charge on any atom is -0.494 e. The molecular weight excluding hydrogens is 340 g/mol. The van der Waals surface area contributed by atoms with E-state index in [9.17, 15) is 4.79 Å². The molecular formula is C21H28N4O2. The summed E-state index contributed by atoms with van der Waals surface area (Å²) in [6, 6.07) is 12.9. The van der Waals surface area contributed by atoms with Gasteiger partial charge in [-0.1, -0.05) is 6.92 Å². The van der Waals surface area contributed by atoms with Crippen LogP contribution in [0.15, 0.2) is 42.5 Å². The Morgan fingerprint density at radius 3 is 2.41 bits per heavy atom. The van der Waals surface area contributed by atoms with E-state index in [1.807, 2.05) is 37.3 Å². The van der Waals surface area contributed by atoms with Crippen molar-refractivity contribution in [3.8, 4) is 5.75 Å². The minimum atomic E-state index is -0.155. The number of rotatable bonds is 6. The molecule has 2 aromatic rings. The van der Waals surface area contributed by atoms with Gasteiger partial charge in [-0.2, -0.15) is 0 Å². The van der Waals surface area contributed by atoms with E-state index in [2.05, 4.69) is 22.0 Å². The largest absolute Gasteiger partial charge is 0.494 e. The number of nitrogens with two attached hydrogens (primary N) is 1. The van der Waals surface area contributed by atoms with Gasteiger partial charge in [-0.15, -0.1) is 0 Å². The van der Waals surface area contributed by atoms with Crippen LogP contribution < -0.4 is 20.7 Å². The molecule has 1 saturated heterocycles. The van der Waals surface area contributed by atoms with Gasteiger partial charge in [-0.3, -0.25) is 4.79 Å². The maximum atomic E-state index is 12.7. The van der Waals surface area contributed by atoms with Crippen LogP contribution in [-0.4, -0.2) is 50.1 Å². The first-order valence-electron chi connectivity index (χ1n) is 9.51. The van der Waals surface area contributed by atoms with Gasteiger partial charge < -0.3 is 25.6 Å². The molecule has 0 aromatic heterocycles. The number of nitrogens with one attached hydrogen (secondary N) is 1. The molecule has 0 unspecified atom stereocenters. The molecule has 0 saturated carbocycles. The Hall–Kier alpha value is -2.73. The highest BCUT2D eigenvalue weighted by Gasteiger charge is 2.19. The van der Waals surface area contributed by atoms with Crippen molar-refractivity contribution in [2.75, 3.05) is 55.3 Å². The van der Waals surface area contributed by atoms with Gasteiger partial charge in [0, 0.05) is 37.4 Å². The van der Waals surface area contributed by atoms with Crippen molar-refractivity contribution in [2.24, 2.45) is 0 Å². The number of anilines is 3. The van der Waals surface area contributed by atoms with Crippen LogP contribution >= 0.6 is 0 Å². The van der Waals surface area contributed by atoms with Gasteiger partial charge in [0.2, 0.25) is 0 Å². The molecule has 1 aliphatic rings. The van der Waals surface area contributed by atoms with E-state index < -0.39 is 0 Å². The van der Waals surface area contributed by atoms with Gasteiger partial charge in [0.25, 0.3) is 5.91 Å². The quantitative estimate of drug-likeness (QED) is 0.767. The van der Waals surface area contributed by atoms with Crippen LogP contribution in [-0.2, 0) is 0 Å². The average molecular weight is 368 g/mol. The van der Waals surface area contributed by atoms with Crippen molar-refractivity contribution in [2.45, 2.75) is 13.8 Å². The van der Waals surface area contributed by atoms with Crippen LogP contribution in [0, 0.1) is 0 Å². The van der Waals surface area contributed by atoms with E-state index in [4.69, 9.17) is 10.5 Å². The van der Waals surface area contributed by atoms with Gasteiger partial charge in [-0.05, 0) is 55.9 Å². The molecule has 6 heteroatoms. The zero-order valence-electron chi connectivity index (χ0n) is 16.1. The smallest absolute Gasteiger partial charge is 0.255 e. The number of hydrogen-bond donors (Lipinski definition) is 2. The van der Waals surface area contributed by atoms with Crippen molar-refractivity contribution in [3.05, 3.63) is 48.0 Å². The van der Waals surface area contributed by atoms with Crippen LogP contribution in [0.4, 0.5) is 17.1 Å². The number of amides is 1. The second-order valence-corrected chi connectivity index (χ2v) is 6.61. The van der Waals surface area contributed by atoms with E-state index in [0.717, 1.165) is 49.8 Å². The summed E-state index contributed by atoms with van der Waals surface area (Å²) in [5.41, 5.74) is 8.95. The van der Waals surface area contributed by atoms with Crippen LogP contribution in [0.1, 0.15) is 24.2 Å². The Bertz CT molecular complexity index is 768. The lowest BCUT2D eigenvalue weighted by molar-refractivity contribution is 0.102. The van der Waals surface area contributed by atoms with Gasteiger partial charge >= 0.3 is 0 Å². The molecule has 0 bridgehead atoms. The fourth-order valence-electron chi connectivity index (χ4n) is 3.30. The fraction of sp³-hybridized carbons (Fsp3) is 0.381. The SMILES string of the molecule is CCOc1ccc(C(=O)Nc2cc(N)ccc2N2CCN(CC)CC2)cc1. The zero-order valence-corrected chi connectivity index (χ0v) is 16.1. The van der Waals surface area contributed by atoms with Gasteiger partial charge in [0.15, 0.2) is 0 Å². The molecule has 1 aliphatic heterocycles. The number of carbonyl (C=O) groups is 1. The standard InChI is InChI=1S/C21H28N4O2/c1-3-24-11-13-25(14-12-24)20-10-7-17(22)15-19(20)23-21(26)16-5-8-18(9-6-16)27-4-2/h5-10,15H,3-4,11-14,22H2,1-2H3,(H,23,26). The second kappa shape index (κ2) is 8.77. The van der Waals surface area contributed by atoms with Crippen LogP contribution in [0.25, 0.3) is 0 Å². The highest BCUT2D eigenvalue weighted by molar-refractivity contribution is 6.06. The summed E-state index contributed by atoms with van der Waals surface area (Å²) in [6.07, 6.45) is 0. The Balaban J connectivity index is 1.75. The Kier molecular flexibility index (Phi) is 6.19. The summed E-state index contributed by atoms with van der Waals surface area (Å²) in [6.45, 7) is 9.69. The summed E-state index contributed by atoms with van der Waals surface area (Å²) in [5.74, 6) is 0.601. The molecule has 6 nitrogen and oxygen atoms in total. The average Bonchev–Trinajstić information content (AvgIpc) is 2.69. The Labute approximate surface area is 160 Å². The third kappa shape index (κ3) is 4.71. The molecule has 144 valence electrons. The van der Waals surface area contributed by atoms with Gasteiger partial charge in [0.05, 0.1) is 18.0 Å². The maximum absolute atomic E-state index is 12.7. The summed E-state index contributed by atoms with van der Waals surface area (Å²) < 4.78 is 5.43. The van der Waals surface area contributed by atoms with E-state index in [-0.39, 0.29) is 5.91 Å². The van der Waals surface area contributed by atoms with Gasteiger partial charge in [0.1, 0.15) is 5.75 Å². The van der Waals surface area contributed by atoms with Gasteiger partial charge in [-0.25, -0.2) is 0 Å². The van der Waals surface area contributed by atoms with Crippen molar-refractivity contribution in [1.29, 1.82) is 0 Å². The zero-order chi connectivity index (χ0) is 19.2. The van der Waals surface area contributed by atoms with Crippen LogP contribution in [0.3, 0.4) is 0 Å². The Morgan fingerprint density at radius 1 is 1.07 bits per heavy atom. The molecule has 0 spiro atoms. The molecule has 27 heavy (non-hydrogen) atoms. The molecule has 3 rings (SSSR count). The topological polar surface area (TPSA) is 70.8 Å². The predicted molar refractivity (Wildman–Crippen MR) is 111 cm³/mol. The Morgan fingerprint density at radius 2 is 1.78 bits per heavy atom. The summed E-state index contributed by atoms with van der Waals surface area (Å²) in [4.78, 5) is 17.4. The summed E-state index contributed by atoms with van der Waals surface area (Å²) in [5, 5.41) is 3.03. The molecule has 0 radical (unpaired) electrons. The number of ether oxygens (including phenoxy) is 1. The molecule has 2 aromatic carbocycles. The molecule has 0 aliphatic carbocycles. The number of piperazine rings is 1. The first-order chi connectivity index (χ1) is 13.1. The second-order valence-electron chi connectivity index (χ2n) is 6.61. The number of likely N-dealkylation sites (N-methyl/N-ethyl adjacent to an activating group) is 1. The minimum absolute atomic E-state index is 0.155. The first kappa shape index (κ1) is 19.0.